The van der Waals surface area contributed by atoms with Gasteiger partial charge in [0, 0.05) is 19.3 Å². The summed E-state index contributed by atoms with van der Waals surface area (Å²) in [6.45, 7) is 11.3. The van der Waals surface area contributed by atoms with E-state index in [0.717, 1.165) is 16.8 Å². The second-order valence-corrected chi connectivity index (χ2v) is 6.67. The molecule has 6 heteroatoms. The number of thiazole rings is 1. The van der Waals surface area contributed by atoms with Gasteiger partial charge in [-0.3, -0.25) is 9.48 Å². The molecule has 5 nitrogen and oxygen atoms in total. The van der Waals surface area contributed by atoms with Gasteiger partial charge in [-0.2, -0.15) is 10.1 Å². The molecule has 0 aliphatic carbocycles. The Bertz CT molecular complexity index is 990. The Balaban J connectivity index is 2.17. The summed E-state index contributed by atoms with van der Waals surface area (Å²) in [5.41, 5.74) is 3.84. The summed E-state index contributed by atoms with van der Waals surface area (Å²) in [5.74, 6) is -0.319. The molecule has 0 spiro atoms. The molecule has 0 unspecified atom stereocenters. The minimum absolute atomic E-state index is 0.319. The van der Waals surface area contributed by atoms with Crippen molar-refractivity contribution in [1.29, 1.82) is 0 Å². The highest BCUT2D eigenvalue weighted by Crippen LogP contribution is 2.23. The predicted octanol–water partition coefficient (Wildman–Crippen LogP) is 3.46. The highest BCUT2D eigenvalue weighted by Gasteiger charge is 2.12. The maximum Gasteiger partial charge on any atom is 0.300 e. The maximum absolute atomic E-state index is 12.5. The standard InChI is InChI=1S/C18H20N4OS/c1-5-8-22-15-11-12(3)10-13(4)16(15)24-18(22)19-17(23)14-7-9-21(6-2)20-14/h5,7,9-11H,1,6,8H2,2-4H3. The van der Waals surface area contributed by atoms with Crippen molar-refractivity contribution in [2.75, 3.05) is 0 Å². The van der Waals surface area contributed by atoms with Gasteiger partial charge >= 0.3 is 0 Å². The number of nitrogens with zero attached hydrogens (tertiary/aromatic N) is 4. The minimum Gasteiger partial charge on any atom is -0.312 e. The molecule has 0 saturated heterocycles. The van der Waals surface area contributed by atoms with Gasteiger partial charge in [-0.15, -0.1) is 6.58 Å². The van der Waals surface area contributed by atoms with Gasteiger partial charge in [0.05, 0.1) is 10.2 Å². The van der Waals surface area contributed by atoms with Crippen LogP contribution in [0.15, 0.2) is 42.0 Å². The molecule has 2 aromatic heterocycles. The number of aromatic nitrogens is 3. The van der Waals surface area contributed by atoms with Crippen LogP contribution in [-0.2, 0) is 13.1 Å². The number of allylic oxidation sites excluding steroid dienone is 1. The lowest BCUT2D eigenvalue weighted by Gasteiger charge is -2.03. The number of carbonyl (C=O) groups excluding carboxylic acids is 1. The van der Waals surface area contributed by atoms with Crippen molar-refractivity contribution in [3.63, 3.8) is 0 Å². The monoisotopic (exact) mass is 340 g/mol. The van der Waals surface area contributed by atoms with Crippen LogP contribution in [0.1, 0.15) is 28.5 Å². The number of aryl methyl sites for hydroxylation is 3. The van der Waals surface area contributed by atoms with Gasteiger partial charge in [-0.25, -0.2) is 0 Å². The molecule has 24 heavy (non-hydrogen) atoms. The van der Waals surface area contributed by atoms with E-state index < -0.39 is 0 Å². The van der Waals surface area contributed by atoms with E-state index in [2.05, 4.69) is 42.7 Å². The fraction of sp³-hybridized carbons (Fsp3) is 0.278. The first-order valence-electron chi connectivity index (χ1n) is 7.87. The number of carbonyl (C=O) groups is 1. The van der Waals surface area contributed by atoms with Crippen molar-refractivity contribution in [2.24, 2.45) is 4.99 Å². The summed E-state index contributed by atoms with van der Waals surface area (Å²) in [4.78, 5) is 17.5. The maximum atomic E-state index is 12.5. The van der Waals surface area contributed by atoms with E-state index in [1.807, 2.05) is 17.6 Å². The lowest BCUT2D eigenvalue weighted by Crippen LogP contribution is -2.16. The number of amides is 1. The zero-order chi connectivity index (χ0) is 17.3. The summed E-state index contributed by atoms with van der Waals surface area (Å²) < 4.78 is 4.90. The number of benzene rings is 1. The van der Waals surface area contributed by atoms with Crippen molar-refractivity contribution in [2.45, 2.75) is 33.9 Å². The molecule has 0 fully saturated rings. The second kappa shape index (κ2) is 6.57. The zero-order valence-corrected chi connectivity index (χ0v) is 14.9. The summed E-state index contributed by atoms with van der Waals surface area (Å²) >= 11 is 1.53. The van der Waals surface area contributed by atoms with Crippen LogP contribution in [0.25, 0.3) is 10.2 Å². The number of fused-ring (bicyclic) bond motifs is 1. The third-order valence-electron chi connectivity index (χ3n) is 3.81. The van der Waals surface area contributed by atoms with E-state index in [1.54, 1.807) is 16.9 Å². The van der Waals surface area contributed by atoms with E-state index in [0.29, 0.717) is 17.0 Å². The molecule has 3 rings (SSSR count). The van der Waals surface area contributed by atoms with Crippen molar-refractivity contribution in [3.8, 4) is 0 Å². The van der Waals surface area contributed by atoms with Crippen molar-refractivity contribution < 1.29 is 4.79 Å². The van der Waals surface area contributed by atoms with E-state index in [9.17, 15) is 4.79 Å². The van der Waals surface area contributed by atoms with Gasteiger partial charge in [0.15, 0.2) is 10.5 Å². The number of hydrogen-bond donors (Lipinski definition) is 0. The van der Waals surface area contributed by atoms with Gasteiger partial charge in [-0.1, -0.05) is 23.5 Å². The second-order valence-electron chi connectivity index (χ2n) is 5.69. The Kier molecular flexibility index (Phi) is 4.49. The number of hydrogen-bond acceptors (Lipinski definition) is 3. The third-order valence-corrected chi connectivity index (χ3v) is 5.04. The topological polar surface area (TPSA) is 52.2 Å². The number of rotatable bonds is 4. The van der Waals surface area contributed by atoms with Crippen molar-refractivity contribution >= 4 is 27.5 Å². The van der Waals surface area contributed by atoms with E-state index in [-0.39, 0.29) is 5.91 Å². The largest absolute Gasteiger partial charge is 0.312 e. The summed E-state index contributed by atoms with van der Waals surface area (Å²) in [6, 6.07) is 5.97. The van der Waals surface area contributed by atoms with Crippen LogP contribution in [0.5, 0.6) is 0 Å². The lowest BCUT2D eigenvalue weighted by molar-refractivity contribution is 0.0992. The van der Waals surface area contributed by atoms with Crippen LogP contribution in [0.2, 0.25) is 0 Å². The normalized spacial score (nSPS) is 12.0. The quantitative estimate of drug-likeness (QED) is 0.683. The minimum atomic E-state index is -0.319. The summed E-state index contributed by atoms with van der Waals surface area (Å²) in [7, 11) is 0. The molecule has 0 aliphatic heterocycles. The molecule has 0 atom stereocenters. The highest BCUT2D eigenvalue weighted by atomic mass is 32.1. The van der Waals surface area contributed by atoms with Crippen LogP contribution in [0.3, 0.4) is 0 Å². The van der Waals surface area contributed by atoms with Crippen LogP contribution in [-0.4, -0.2) is 20.3 Å². The molecule has 3 aromatic rings. The van der Waals surface area contributed by atoms with Gasteiger partial charge in [0.1, 0.15) is 0 Å². The first kappa shape index (κ1) is 16.4. The Hall–Kier alpha value is -2.47. The first-order valence-corrected chi connectivity index (χ1v) is 8.69. The Morgan fingerprint density at radius 2 is 2.21 bits per heavy atom. The molecular weight excluding hydrogens is 320 g/mol. The van der Waals surface area contributed by atoms with Crippen LogP contribution < -0.4 is 4.80 Å². The summed E-state index contributed by atoms with van der Waals surface area (Å²) in [6.07, 6.45) is 3.61. The molecular formula is C18H20N4OS. The molecule has 124 valence electrons. The van der Waals surface area contributed by atoms with E-state index >= 15 is 0 Å². The van der Waals surface area contributed by atoms with Crippen LogP contribution >= 0.6 is 11.3 Å². The first-order chi connectivity index (χ1) is 11.5. The smallest absolute Gasteiger partial charge is 0.300 e. The van der Waals surface area contributed by atoms with Crippen LogP contribution in [0.4, 0.5) is 0 Å². The van der Waals surface area contributed by atoms with Gasteiger partial charge in [0.25, 0.3) is 5.91 Å². The van der Waals surface area contributed by atoms with Gasteiger partial charge in [0.2, 0.25) is 0 Å². The highest BCUT2D eigenvalue weighted by molar-refractivity contribution is 7.16. The van der Waals surface area contributed by atoms with E-state index in [4.69, 9.17) is 0 Å². The molecule has 2 heterocycles. The molecule has 0 aliphatic rings. The fourth-order valence-corrected chi connectivity index (χ4v) is 3.79. The zero-order valence-electron chi connectivity index (χ0n) is 14.1. The average molecular weight is 340 g/mol. The average Bonchev–Trinajstić information content (AvgIpc) is 3.14. The Labute approximate surface area is 144 Å². The predicted molar refractivity (Wildman–Crippen MR) is 97.3 cm³/mol. The molecule has 1 aromatic carbocycles. The molecule has 1 amide bonds. The summed E-state index contributed by atoms with van der Waals surface area (Å²) in [5, 5.41) is 4.23. The van der Waals surface area contributed by atoms with Crippen LogP contribution in [0, 0.1) is 13.8 Å². The van der Waals surface area contributed by atoms with Crippen molar-refractivity contribution in [1.82, 2.24) is 14.3 Å². The van der Waals surface area contributed by atoms with Crippen molar-refractivity contribution in [3.05, 3.63) is 58.7 Å². The van der Waals surface area contributed by atoms with Gasteiger partial charge < -0.3 is 4.57 Å². The van der Waals surface area contributed by atoms with Gasteiger partial charge in [-0.05, 0) is 44.0 Å². The molecule has 0 saturated carbocycles. The van der Waals surface area contributed by atoms with E-state index in [1.165, 1.54) is 22.5 Å². The lowest BCUT2D eigenvalue weighted by atomic mass is 10.1. The fourth-order valence-electron chi connectivity index (χ4n) is 2.70. The third kappa shape index (κ3) is 2.97. The molecule has 0 bridgehead atoms. The SMILES string of the molecule is C=CCn1c(=NC(=O)c2ccn(CC)n2)sc2c(C)cc(C)cc21. The molecule has 0 N–H and O–H groups in total. The Morgan fingerprint density at radius 3 is 2.88 bits per heavy atom. The molecule has 0 radical (unpaired) electrons. The Morgan fingerprint density at radius 1 is 1.42 bits per heavy atom.